The molecule has 6 nitrogen and oxygen atoms in total. The molecule has 4 rings (SSSR count). The topological polar surface area (TPSA) is 75.7 Å². The van der Waals surface area contributed by atoms with Crippen molar-refractivity contribution in [3.8, 4) is 5.75 Å². The van der Waals surface area contributed by atoms with E-state index in [1.807, 2.05) is 18.2 Å². The molecule has 1 saturated heterocycles. The minimum atomic E-state index is -3.11. The van der Waals surface area contributed by atoms with E-state index in [-0.39, 0.29) is 22.6 Å². The average Bonchev–Trinajstić information content (AvgIpc) is 3.61. The molecule has 1 aliphatic heterocycles. The number of carbonyl (C=O) groups excluding carboxylic acids is 1. The fraction of sp³-hybridized carbons (Fsp3) is 0.696. The molecule has 1 heterocycles. The number of methoxy groups -OCH3 is 1. The Morgan fingerprint density at radius 2 is 1.83 bits per heavy atom. The first kappa shape index (κ1) is 21.6. The molecule has 1 N–H and O–H groups in total. The largest absolute Gasteiger partial charge is 0.497 e. The van der Waals surface area contributed by atoms with Gasteiger partial charge in [0, 0.05) is 19.1 Å². The summed E-state index contributed by atoms with van der Waals surface area (Å²) in [5, 5.41) is 3.15. The molecule has 3 aliphatic rings. The first-order valence-electron chi connectivity index (χ1n) is 11.4. The maximum Gasteiger partial charge on any atom is 0.226 e. The summed E-state index contributed by atoms with van der Waals surface area (Å²) in [6.45, 7) is 1.04. The Morgan fingerprint density at radius 3 is 2.47 bits per heavy atom. The molecule has 1 aromatic carbocycles. The van der Waals surface area contributed by atoms with Crippen molar-refractivity contribution < 1.29 is 17.9 Å². The van der Waals surface area contributed by atoms with E-state index < -0.39 is 10.0 Å². The zero-order valence-electron chi connectivity index (χ0n) is 17.9. The Hall–Kier alpha value is -1.60. The number of ether oxygens (including phenoxy) is 1. The van der Waals surface area contributed by atoms with Gasteiger partial charge in [-0.3, -0.25) is 4.79 Å². The minimum Gasteiger partial charge on any atom is -0.497 e. The fourth-order valence-electron chi connectivity index (χ4n) is 5.06. The quantitative estimate of drug-likeness (QED) is 0.715. The summed E-state index contributed by atoms with van der Waals surface area (Å²) in [6.07, 6.45) is 8.88. The van der Waals surface area contributed by atoms with Gasteiger partial charge in [-0.2, -0.15) is 0 Å². The first-order valence-corrected chi connectivity index (χ1v) is 12.9. The normalized spacial score (nSPS) is 23.1. The van der Waals surface area contributed by atoms with Gasteiger partial charge >= 0.3 is 0 Å². The van der Waals surface area contributed by atoms with Crippen LogP contribution in [0, 0.1) is 5.41 Å². The molecule has 7 heteroatoms. The Kier molecular flexibility index (Phi) is 6.39. The van der Waals surface area contributed by atoms with Gasteiger partial charge in [-0.15, -0.1) is 0 Å². The van der Waals surface area contributed by atoms with Gasteiger partial charge in [0.25, 0.3) is 0 Å². The highest BCUT2D eigenvalue weighted by molar-refractivity contribution is 7.90. The van der Waals surface area contributed by atoms with Crippen LogP contribution in [-0.2, 0) is 21.2 Å². The lowest BCUT2D eigenvalue weighted by molar-refractivity contribution is -0.134. The van der Waals surface area contributed by atoms with E-state index in [9.17, 15) is 13.2 Å². The highest BCUT2D eigenvalue weighted by Gasteiger charge is 2.43. The van der Waals surface area contributed by atoms with Gasteiger partial charge in [0.15, 0.2) is 0 Å². The van der Waals surface area contributed by atoms with Crippen molar-refractivity contribution >= 4 is 15.9 Å². The number of piperidine rings is 1. The number of nitrogens with one attached hydrogen (secondary N) is 1. The van der Waals surface area contributed by atoms with Crippen molar-refractivity contribution in [3.63, 3.8) is 0 Å². The van der Waals surface area contributed by atoms with Crippen molar-refractivity contribution in [3.05, 3.63) is 29.8 Å². The number of hydrogen-bond donors (Lipinski definition) is 1. The molecular weight excluding hydrogens is 400 g/mol. The predicted octanol–water partition coefficient (Wildman–Crippen LogP) is 3.26. The highest BCUT2D eigenvalue weighted by Crippen LogP contribution is 2.40. The number of nitrogens with zero attached hydrogens (tertiary/aromatic N) is 1. The van der Waals surface area contributed by atoms with Crippen molar-refractivity contribution in [2.45, 2.75) is 75.5 Å². The van der Waals surface area contributed by atoms with Gasteiger partial charge in [0.05, 0.1) is 17.8 Å². The second-order valence-corrected chi connectivity index (χ2v) is 11.5. The summed E-state index contributed by atoms with van der Waals surface area (Å²) in [5.74, 6) is 0.969. The third kappa shape index (κ3) is 4.67. The molecular formula is C23H34N2O4S. The molecule has 0 atom stereocenters. The molecule has 0 bridgehead atoms. The van der Waals surface area contributed by atoms with E-state index in [0.29, 0.717) is 25.9 Å². The van der Waals surface area contributed by atoms with E-state index in [1.165, 1.54) is 6.42 Å². The molecule has 0 radical (unpaired) electrons. The number of sulfonamides is 1. The van der Waals surface area contributed by atoms with Gasteiger partial charge in [-0.1, -0.05) is 31.4 Å². The molecule has 0 unspecified atom stereocenters. The number of benzene rings is 1. The van der Waals surface area contributed by atoms with Crippen LogP contribution in [0.15, 0.2) is 24.3 Å². The summed E-state index contributed by atoms with van der Waals surface area (Å²) in [6, 6.07) is 8.09. The molecule has 1 aromatic rings. The van der Waals surface area contributed by atoms with E-state index in [1.54, 1.807) is 11.4 Å². The Bertz CT molecular complexity index is 852. The highest BCUT2D eigenvalue weighted by atomic mass is 32.2. The Balaban J connectivity index is 1.40. The summed E-state index contributed by atoms with van der Waals surface area (Å²) >= 11 is 0. The molecule has 166 valence electrons. The van der Waals surface area contributed by atoms with Crippen molar-refractivity contribution in [1.29, 1.82) is 0 Å². The number of hydrogen-bond acceptors (Lipinski definition) is 4. The van der Waals surface area contributed by atoms with Crippen LogP contribution in [0.5, 0.6) is 5.75 Å². The molecule has 0 aromatic heterocycles. The van der Waals surface area contributed by atoms with Crippen LogP contribution >= 0.6 is 0 Å². The van der Waals surface area contributed by atoms with E-state index in [4.69, 9.17) is 4.74 Å². The zero-order valence-corrected chi connectivity index (χ0v) is 18.8. The van der Waals surface area contributed by atoms with E-state index in [0.717, 1.165) is 56.3 Å². The van der Waals surface area contributed by atoms with Crippen LogP contribution in [0.25, 0.3) is 0 Å². The number of carbonyl (C=O) groups is 1. The van der Waals surface area contributed by atoms with Crippen molar-refractivity contribution in [2.75, 3.05) is 20.2 Å². The smallest absolute Gasteiger partial charge is 0.226 e. The molecule has 30 heavy (non-hydrogen) atoms. The SMILES string of the molecule is COc1cccc(CC2(C(=O)NC3CCN(S(=O)(=O)C4CC4)CC3)CCCCC2)c1. The minimum absolute atomic E-state index is 0.0623. The summed E-state index contributed by atoms with van der Waals surface area (Å²) in [4.78, 5) is 13.5. The van der Waals surface area contributed by atoms with E-state index >= 15 is 0 Å². The van der Waals surface area contributed by atoms with Gasteiger partial charge in [0.1, 0.15) is 5.75 Å². The van der Waals surface area contributed by atoms with Crippen LogP contribution in [0.1, 0.15) is 63.4 Å². The van der Waals surface area contributed by atoms with Crippen LogP contribution in [0.4, 0.5) is 0 Å². The fourth-order valence-corrected chi connectivity index (χ4v) is 6.93. The lowest BCUT2D eigenvalue weighted by Crippen LogP contribution is -2.52. The second-order valence-electron chi connectivity index (χ2n) is 9.26. The molecule has 2 saturated carbocycles. The predicted molar refractivity (Wildman–Crippen MR) is 117 cm³/mol. The van der Waals surface area contributed by atoms with Crippen LogP contribution in [0.2, 0.25) is 0 Å². The Morgan fingerprint density at radius 1 is 1.13 bits per heavy atom. The summed E-state index contributed by atoms with van der Waals surface area (Å²) in [5.41, 5.74) is 0.763. The van der Waals surface area contributed by atoms with Gasteiger partial charge in [-0.05, 0) is 62.6 Å². The van der Waals surface area contributed by atoms with Crippen molar-refractivity contribution in [2.24, 2.45) is 5.41 Å². The molecule has 2 aliphatic carbocycles. The monoisotopic (exact) mass is 434 g/mol. The number of amides is 1. The lowest BCUT2D eigenvalue weighted by Gasteiger charge is -2.39. The second kappa shape index (κ2) is 8.87. The first-order chi connectivity index (χ1) is 14.4. The zero-order chi connectivity index (χ0) is 21.2. The lowest BCUT2D eigenvalue weighted by atomic mass is 9.69. The standard InChI is InChI=1S/C23H34N2O4S/c1-29-20-7-5-6-18(16-20)17-23(12-3-2-4-13-23)22(26)24-19-10-14-25(15-11-19)30(27,28)21-8-9-21/h5-7,16,19,21H,2-4,8-15,17H2,1H3,(H,24,26). The average molecular weight is 435 g/mol. The van der Waals surface area contributed by atoms with Gasteiger partial charge in [-0.25, -0.2) is 12.7 Å². The molecule has 1 amide bonds. The third-order valence-electron chi connectivity index (χ3n) is 7.06. The van der Waals surface area contributed by atoms with Crippen LogP contribution < -0.4 is 10.1 Å². The molecule has 0 spiro atoms. The maximum absolute atomic E-state index is 13.5. The van der Waals surface area contributed by atoms with Crippen molar-refractivity contribution in [1.82, 2.24) is 9.62 Å². The molecule has 3 fully saturated rings. The maximum atomic E-state index is 13.5. The van der Waals surface area contributed by atoms with Gasteiger partial charge < -0.3 is 10.1 Å². The van der Waals surface area contributed by atoms with E-state index in [2.05, 4.69) is 11.4 Å². The van der Waals surface area contributed by atoms with Gasteiger partial charge in [0.2, 0.25) is 15.9 Å². The van der Waals surface area contributed by atoms with Crippen LogP contribution in [0.3, 0.4) is 0 Å². The number of rotatable bonds is 7. The summed E-state index contributed by atoms with van der Waals surface area (Å²) in [7, 11) is -1.45. The Labute approximate surface area is 180 Å². The summed E-state index contributed by atoms with van der Waals surface area (Å²) < 4.78 is 31.9. The third-order valence-corrected chi connectivity index (χ3v) is 9.46. The van der Waals surface area contributed by atoms with Crippen LogP contribution in [-0.4, -0.2) is 50.1 Å².